The Morgan fingerprint density at radius 2 is 1.64 bits per heavy atom. The summed E-state index contributed by atoms with van der Waals surface area (Å²) >= 11 is 0. The first-order valence-electron chi connectivity index (χ1n) is 9.12. The van der Waals surface area contributed by atoms with E-state index < -0.39 is 0 Å². The van der Waals surface area contributed by atoms with Gasteiger partial charge in [0.05, 0.1) is 38.3 Å². The van der Waals surface area contributed by atoms with Crippen LogP contribution < -0.4 is 19.2 Å². The zero-order valence-electron chi connectivity index (χ0n) is 16.6. The molecule has 0 N–H and O–H groups in total. The van der Waals surface area contributed by atoms with Gasteiger partial charge in [-0.25, -0.2) is 0 Å². The highest BCUT2D eigenvalue weighted by molar-refractivity contribution is 6.32. The van der Waals surface area contributed by atoms with E-state index in [9.17, 15) is 4.79 Å². The second kappa shape index (κ2) is 8.61. The minimum absolute atomic E-state index is 0.150. The number of hydrazone groups is 1. The first-order chi connectivity index (χ1) is 13.6. The number of nitrogens with zero attached hydrogens (tertiary/aromatic N) is 2. The predicted octanol–water partition coefficient (Wildman–Crippen LogP) is 4.30. The third-order valence-corrected chi connectivity index (χ3v) is 4.44. The summed E-state index contributed by atoms with van der Waals surface area (Å²) in [7, 11) is 4.69. The lowest BCUT2D eigenvalue weighted by Crippen LogP contribution is -2.21. The summed E-state index contributed by atoms with van der Waals surface area (Å²) in [5.74, 6) is 1.43. The van der Waals surface area contributed by atoms with Gasteiger partial charge in [0.2, 0.25) is 5.75 Å². The van der Waals surface area contributed by atoms with Crippen LogP contribution in [0.1, 0.15) is 25.3 Å². The number of carbonyl (C=O) groups is 1. The Morgan fingerprint density at radius 3 is 2.18 bits per heavy atom. The van der Waals surface area contributed by atoms with Gasteiger partial charge in [-0.2, -0.15) is 10.1 Å². The monoisotopic (exact) mass is 380 g/mol. The van der Waals surface area contributed by atoms with Crippen LogP contribution in [-0.4, -0.2) is 32.9 Å². The fourth-order valence-corrected chi connectivity index (χ4v) is 3.12. The number of benzene rings is 2. The van der Waals surface area contributed by atoms with Crippen LogP contribution in [0.5, 0.6) is 17.2 Å². The number of ether oxygens (including phenoxy) is 3. The van der Waals surface area contributed by atoms with Gasteiger partial charge >= 0.3 is 0 Å². The smallest absolute Gasteiger partial charge is 0.280 e. The van der Waals surface area contributed by atoms with Gasteiger partial charge in [-0.3, -0.25) is 4.79 Å². The fourth-order valence-electron chi connectivity index (χ4n) is 3.12. The first-order valence-corrected chi connectivity index (χ1v) is 9.12. The molecule has 6 heteroatoms. The first kappa shape index (κ1) is 19.5. The molecule has 1 aliphatic rings. The van der Waals surface area contributed by atoms with Gasteiger partial charge < -0.3 is 14.2 Å². The van der Waals surface area contributed by atoms with Crippen LogP contribution in [0.25, 0.3) is 6.08 Å². The van der Waals surface area contributed by atoms with E-state index in [4.69, 9.17) is 14.2 Å². The minimum Gasteiger partial charge on any atom is -0.493 e. The minimum atomic E-state index is -0.150. The van der Waals surface area contributed by atoms with Crippen molar-refractivity contribution in [2.75, 3.05) is 26.3 Å². The second-order valence-electron chi connectivity index (χ2n) is 6.27. The third kappa shape index (κ3) is 3.71. The van der Waals surface area contributed by atoms with Crippen molar-refractivity contribution >= 4 is 23.4 Å². The van der Waals surface area contributed by atoms with Crippen molar-refractivity contribution in [3.05, 3.63) is 53.6 Å². The molecule has 1 amide bonds. The number of methoxy groups -OCH3 is 3. The molecule has 0 radical (unpaired) electrons. The molecular formula is C22H24N2O4. The highest BCUT2D eigenvalue weighted by atomic mass is 16.5. The lowest BCUT2D eigenvalue weighted by Gasteiger charge is -2.13. The molecule has 0 unspecified atom stereocenters. The average molecular weight is 380 g/mol. The molecule has 0 saturated carbocycles. The van der Waals surface area contributed by atoms with Crippen molar-refractivity contribution < 1.29 is 19.0 Å². The number of amides is 1. The lowest BCUT2D eigenvalue weighted by molar-refractivity contribution is -0.114. The van der Waals surface area contributed by atoms with Gasteiger partial charge in [-0.15, -0.1) is 0 Å². The van der Waals surface area contributed by atoms with E-state index in [-0.39, 0.29) is 5.91 Å². The molecule has 2 aromatic carbocycles. The average Bonchev–Trinajstić information content (AvgIpc) is 3.03. The van der Waals surface area contributed by atoms with Crippen LogP contribution in [0.2, 0.25) is 0 Å². The van der Waals surface area contributed by atoms with Crippen molar-refractivity contribution in [2.45, 2.75) is 19.8 Å². The molecule has 0 spiro atoms. The summed E-state index contributed by atoms with van der Waals surface area (Å²) in [6, 6.07) is 13.1. The zero-order chi connectivity index (χ0) is 20.1. The summed E-state index contributed by atoms with van der Waals surface area (Å²) in [6.07, 6.45) is 3.43. The standard InChI is InChI=1S/C22H24N2O4/c1-5-9-18-17(22(25)24(23-18)16-10-7-6-8-11-16)12-15-13-19(26-2)21(28-4)20(14-15)27-3/h6-8,10-14H,5,9H2,1-4H3/b17-12-. The maximum absolute atomic E-state index is 13.1. The van der Waals surface area contributed by atoms with Crippen molar-refractivity contribution in [1.82, 2.24) is 0 Å². The number of hydrogen-bond donors (Lipinski definition) is 0. The Hall–Kier alpha value is -3.28. The van der Waals surface area contributed by atoms with Crippen LogP contribution in [-0.2, 0) is 4.79 Å². The highest BCUT2D eigenvalue weighted by Crippen LogP contribution is 2.39. The summed E-state index contributed by atoms with van der Waals surface area (Å²) in [5, 5.41) is 6.02. The number of carbonyl (C=O) groups excluding carboxylic acids is 1. The van der Waals surface area contributed by atoms with E-state index in [2.05, 4.69) is 12.0 Å². The van der Waals surface area contributed by atoms with Crippen LogP contribution >= 0.6 is 0 Å². The number of hydrogen-bond acceptors (Lipinski definition) is 5. The molecule has 0 saturated heterocycles. The maximum atomic E-state index is 13.1. The van der Waals surface area contributed by atoms with Crippen LogP contribution in [0.15, 0.2) is 53.1 Å². The fraction of sp³-hybridized carbons (Fsp3) is 0.273. The maximum Gasteiger partial charge on any atom is 0.280 e. The molecule has 1 aliphatic heterocycles. The molecule has 0 aromatic heterocycles. The molecule has 2 aromatic rings. The largest absolute Gasteiger partial charge is 0.493 e. The molecule has 146 valence electrons. The summed E-state index contributed by atoms with van der Waals surface area (Å²) < 4.78 is 16.2. The molecule has 1 heterocycles. The van der Waals surface area contributed by atoms with E-state index in [0.29, 0.717) is 29.2 Å². The van der Waals surface area contributed by atoms with Crippen molar-refractivity contribution in [2.24, 2.45) is 5.10 Å². The van der Waals surface area contributed by atoms with Gasteiger partial charge in [-0.1, -0.05) is 31.5 Å². The molecule has 0 atom stereocenters. The Balaban J connectivity index is 2.05. The van der Waals surface area contributed by atoms with Crippen LogP contribution in [0.3, 0.4) is 0 Å². The van der Waals surface area contributed by atoms with E-state index >= 15 is 0 Å². The topological polar surface area (TPSA) is 60.4 Å². The SMILES string of the molecule is CCCC1=NN(c2ccccc2)C(=O)/C1=C\c1cc(OC)c(OC)c(OC)c1. The van der Waals surface area contributed by atoms with Gasteiger partial charge in [0.25, 0.3) is 5.91 Å². The molecule has 28 heavy (non-hydrogen) atoms. The normalized spacial score (nSPS) is 15.0. The molecule has 3 rings (SSSR count). The second-order valence-corrected chi connectivity index (χ2v) is 6.27. The third-order valence-electron chi connectivity index (χ3n) is 4.44. The summed E-state index contributed by atoms with van der Waals surface area (Å²) in [5.41, 5.74) is 2.86. The molecule has 0 fully saturated rings. The van der Waals surface area contributed by atoms with Crippen molar-refractivity contribution in [3.8, 4) is 17.2 Å². The van der Waals surface area contributed by atoms with Crippen molar-refractivity contribution in [1.29, 1.82) is 0 Å². The number of para-hydroxylation sites is 1. The zero-order valence-corrected chi connectivity index (χ0v) is 16.6. The molecular weight excluding hydrogens is 356 g/mol. The summed E-state index contributed by atoms with van der Waals surface area (Å²) in [6.45, 7) is 2.06. The van der Waals surface area contributed by atoms with Gasteiger partial charge in [-0.05, 0) is 42.3 Å². The van der Waals surface area contributed by atoms with Crippen molar-refractivity contribution in [3.63, 3.8) is 0 Å². The Labute approximate surface area is 165 Å². The van der Waals surface area contributed by atoms with Gasteiger partial charge in [0.1, 0.15) is 0 Å². The van der Waals surface area contributed by atoms with E-state index in [1.807, 2.05) is 48.5 Å². The van der Waals surface area contributed by atoms with E-state index in [1.165, 1.54) is 5.01 Å². The Kier molecular flexibility index (Phi) is 5.99. The Bertz CT molecular complexity index is 894. The molecule has 0 aliphatic carbocycles. The van der Waals surface area contributed by atoms with Crippen LogP contribution in [0.4, 0.5) is 5.69 Å². The number of rotatable bonds is 7. The quantitative estimate of drug-likeness (QED) is 0.672. The van der Waals surface area contributed by atoms with Gasteiger partial charge in [0.15, 0.2) is 11.5 Å². The molecule has 0 bridgehead atoms. The predicted molar refractivity (Wildman–Crippen MR) is 110 cm³/mol. The van der Waals surface area contributed by atoms with Gasteiger partial charge in [0, 0.05) is 0 Å². The molecule has 6 nitrogen and oxygen atoms in total. The summed E-state index contributed by atoms with van der Waals surface area (Å²) in [4.78, 5) is 13.1. The van der Waals surface area contributed by atoms with E-state index in [0.717, 1.165) is 23.4 Å². The lowest BCUT2D eigenvalue weighted by atomic mass is 10.0. The number of anilines is 1. The van der Waals surface area contributed by atoms with Crippen LogP contribution in [0, 0.1) is 0 Å². The highest BCUT2D eigenvalue weighted by Gasteiger charge is 2.30. The van der Waals surface area contributed by atoms with E-state index in [1.54, 1.807) is 21.3 Å². The Morgan fingerprint density at radius 1 is 1.00 bits per heavy atom.